The Kier molecular flexibility index (Phi) is 8.15. The molecule has 0 aromatic heterocycles. The van der Waals surface area contributed by atoms with Crippen molar-refractivity contribution in [2.45, 2.75) is 37.5 Å². The third-order valence-corrected chi connectivity index (χ3v) is 7.68. The van der Waals surface area contributed by atoms with Crippen LogP contribution in [0.4, 0.5) is 0 Å². The fourth-order valence-corrected chi connectivity index (χ4v) is 5.44. The van der Waals surface area contributed by atoms with Gasteiger partial charge in [0.25, 0.3) is 0 Å². The van der Waals surface area contributed by atoms with Crippen LogP contribution in [0.15, 0.2) is 47.4 Å². The highest BCUT2D eigenvalue weighted by molar-refractivity contribution is 7.89. The first-order valence-corrected chi connectivity index (χ1v) is 12.3. The average Bonchev–Trinajstić information content (AvgIpc) is 2.81. The van der Waals surface area contributed by atoms with Gasteiger partial charge in [0.1, 0.15) is 0 Å². The summed E-state index contributed by atoms with van der Waals surface area (Å²) < 4.78 is 37.9. The second-order valence-electron chi connectivity index (χ2n) is 8.10. The highest BCUT2D eigenvalue weighted by Crippen LogP contribution is 2.28. The Hall–Kier alpha value is -2.58. The van der Waals surface area contributed by atoms with Gasteiger partial charge in [-0.3, -0.25) is 4.79 Å². The molecule has 3 rings (SSSR count). The first-order chi connectivity index (χ1) is 15.3. The number of amides is 1. The van der Waals surface area contributed by atoms with Crippen LogP contribution in [0.3, 0.4) is 0 Å². The van der Waals surface area contributed by atoms with Crippen LogP contribution in [0.1, 0.15) is 30.4 Å². The molecule has 1 aliphatic rings. The normalized spacial score (nSPS) is 17.0. The number of benzene rings is 2. The largest absolute Gasteiger partial charge is 0.493 e. The molecule has 0 unspecified atom stereocenters. The van der Waals surface area contributed by atoms with Crippen molar-refractivity contribution in [3.63, 3.8) is 0 Å². The minimum Gasteiger partial charge on any atom is -0.493 e. The Bertz CT molecular complexity index is 1020. The summed E-state index contributed by atoms with van der Waals surface area (Å²) in [6.45, 7) is 3.12. The number of nitrogens with zero attached hydrogens (tertiary/aromatic N) is 1. The summed E-state index contributed by atoms with van der Waals surface area (Å²) >= 11 is 0. The predicted molar refractivity (Wildman–Crippen MR) is 124 cm³/mol. The molecule has 0 saturated carbocycles. The molecule has 1 N–H and O–H groups in total. The monoisotopic (exact) mass is 460 g/mol. The molecule has 2 aromatic carbocycles. The maximum absolute atomic E-state index is 13.0. The zero-order valence-corrected chi connectivity index (χ0v) is 19.8. The molecule has 7 nitrogen and oxygen atoms in total. The molecule has 1 atom stereocenters. The van der Waals surface area contributed by atoms with Crippen molar-refractivity contribution in [2.24, 2.45) is 5.92 Å². The van der Waals surface area contributed by atoms with Crippen molar-refractivity contribution >= 4 is 15.9 Å². The van der Waals surface area contributed by atoms with E-state index in [1.165, 1.54) is 4.31 Å². The minimum absolute atomic E-state index is 0.0823. The standard InChI is InChI=1S/C24H32N2O5S/c1-18-8-11-21(12-9-18)32(28,29)26-15-5-7-20(17-26)24(27)25-14-4-6-19-10-13-22(30-2)23(16-19)31-3/h8-13,16,20H,4-7,14-15,17H2,1-3H3,(H,25,27)/t20-/m0/s1. The molecule has 2 aromatic rings. The number of rotatable bonds is 9. The Labute approximate surface area is 190 Å². The maximum Gasteiger partial charge on any atom is 0.243 e. The summed E-state index contributed by atoms with van der Waals surface area (Å²) in [6.07, 6.45) is 2.94. The summed E-state index contributed by atoms with van der Waals surface area (Å²) in [5, 5.41) is 2.98. The van der Waals surface area contributed by atoms with Crippen LogP contribution in [0.5, 0.6) is 11.5 Å². The molecule has 32 heavy (non-hydrogen) atoms. The van der Waals surface area contributed by atoms with Crippen molar-refractivity contribution in [1.82, 2.24) is 9.62 Å². The Morgan fingerprint density at radius 1 is 1.09 bits per heavy atom. The lowest BCUT2D eigenvalue weighted by molar-refractivity contribution is -0.126. The van der Waals surface area contributed by atoms with Gasteiger partial charge in [-0.2, -0.15) is 4.31 Å². The third-order valence-electron chi connectivity index (χ3n) is 5.80. The highest BCUT2D eigenvalue weighted by Gasteiger charge is 2.33. The van der Waals surface area contributed by atoms with E-state index in [9.17, 15) is 13.2 Å². The number of nitrogens with one attached hydrogen (secondary N) is 1. The Morgan fingerprint density at radius 2 is 1.81 bits per heavy atom. The molecule has 174 valence electrons. The van der Waals surface area contributed by atoms with Crippen molar-refractivity contribution in [1.29, 1.82) is 0 Å². The van der Waals surface area contributed by atoms with Gasteiger partial charge in [0.05, 0.1) is 25.0 Å². The van der Waals surface area contributed by atoms with Crippen LogP contribution in [0.25, 0.3) is 0 Å². The number of carbonyl (C=O) groups excluding carboxylic acids is 1. The van der Waals surface area contributed by atoms with E-state index in [1.54, 1.807) is 38.5 Å². The number of piperidine rings is 1. The molecule has 1 saturated heterocycles. The average molecular weight is 461 g/mol. The number of carbonyl (C=O) groups is 1. The molecule has 1 fully saturated rings. The van der Waals surface area contributed by atoms with Crippen LogP contribution in [0.2, 0.25) is 0 Å². The third kappa shape index (κ3) is 5.81. The van der Waals surface area contributed by atoms with E-state index in [-0.39, 0.29) is 23.3 Å². The lowest BCUT2D eigenvalue weighted by Crippen LogP contribution is -2.45. The molecule has 1 aliphatic heterocycles. The Balaban J connectivity index is 1.50. The van der Waals surface area contributed by atoms with E-state index in [4.69, 9.17) is 9.47 Å². The number of aryl methyl sites for hydroxylation is 2. The fraction of sp³-hybridized carbons (Fsp3) is 0.458. The topological polar surface area (TPSA) is 84.9 Å². The fourth-order valence-electron chi connectivity index (χ4n) is 3.92. The van der Waals surface area contributed by atoms with Gasteiger partial charge in [-0.15, -0.1) is 0 Å². The quantitative estimate of drug-likeness (QED) is 0.581. The van der Waals surface area contributed by atoms with Gasteiger partial charge in [-0.25, -0.2) is 8.42 Å². The van der Waals surface area contributed by atoms with Crippen molar-refractivity contribution in [2.75, 3.05) is 33.9 Å². The van der Waals surface area contributed by atoms with Gasteiger partial charge < -0.3 is 14.8 Å². The van der Waals surface area contributed by atoms with Crippen molar-refractivity contribution in [3.05, 3.63) is 53.6 Å². The minimum atomic E-state index is -3.59. The highest BCUT2D eigenvalue weighted by atomic mass is 32.2. The molecule has 1 heterocycles. The first-order valence-electron chi connectivity index (χ1n) is 10.9. The van der Waals surface area contributed by atoms with E-state index in [0.717, 1.165) is 24.0 Å². The van der Waals surface area contributed by atoms with Crippen molar-refractivity contribution < 1.29 is 22.7 Å². The first kappa shape index (κ1) is 24.1. The Morgan fingerprint density at radius 3 is 2.50 bits per heavy atom. The lowest BCUT2D eigenvalue weighted by Gasteiger charge is -2.31. The van der Waals surface area contributed by atoms with E-state index >= 15 is 0 Å². The molecule has 0 radical (unpaired) electrons. The smallest absolute Gasteiger partial charge is 0.243 e. The molecule has 0 aliphatic carbocycles. The van der Waals surface area contributed by atoms with Gasteiger partial charge >= 0.3 is 0 Å². The van der Waals surface area contributed by atoms with Gasteiger partial charge in [-0.05, 0) is 62.4 Å². The molecule has 0 bridgehead atoms. The van der Waals surface area contributed by atoms with Crippen LogP contribution in [0, 0.1) is 12.8 Å². The van der Waals surface area contributed by atoms with Crippen molar-refractivity contribution in [3.8, 4) is 11.5 Å². The van der Waals surface area contributed by atoms with Crippen LogP contribution in [-0.4, -0.2) is 52.5 Å². The second kappa shape index (κ2) is 10.8. The summed E-state index contributed by atoms with van der Waals surface area (Å²) in [4.78, 5) is 13.0. The lowest BCUT2D eigenvalue weighted by atomic mass is 9.99. The molecule has 8 heteroatoms. The van der Waals surface area contributed by atoms with E-state index < -0.39 is 10.0 Å². The number of methoxy groups -OCH3 is 2. The SMILES string of the molecule is COc1ccc(CCCNC(=O)[C@H]2CCCN(S(=O)(=O)c3ccc(C)cc3)C2)cc1OC. The van der Waals surface area contributed by atoms with E-state index in [1.807, 2.05) is 25.1 Å². The molecular weight excluding hydrogens is 428 g/mol. The molecule has 1 amide bonds. The number of hydrogen-bond donors (Lipinski definition) is 1. The van der Waals surface area contributed by atoms with Gasteiger partial charge in [0.15, 0.2) is 11.5 Å². The van der Waals surface area contributed by atoms with Gasteiger partial charge in [-0.1, -0.05) is 23.8 Å². The summed E-state index contributed by atoms with van der Waals surface area (Å²) in [7, 11) is -0.379. The number of hydrogen-bond acceptors (Lipinski definition) is 5. The van der Waals surface area contributed by atoms with Gasteiger partial charge in [0.2, 0.25) is 15.9 Å². The van der Waals surface area contributed by atoms with E-state index in [2.05, 4.69) is 5.32 Å². The second-order valence-corrected chi connectivity index (χ2v) is 10.0. The zero-order chi connectivity index (χ0) is 23.1. The number of sulfonamides is 1. The van der Waals surface area contributed by atoms with Crippen LogP contribution in [-0.2, 0) is 21.2 Å². The molecular formula is C24H32N2O5S. The zero-order valence-electron chi connectivity index (χ0n) is 19.0. The summed E-state index contributed by atoms with van der Waals surface area (Å²) in [6, 6.07) is 12.6. The predicted octanol–water partition coefficient (Wildman–Crippen LogP) is 3.16. The number of ether oxygens (including phenoxy) is 2. The maximum atomic E-state index is 13.0. The summed E-state index contributed by atoms with van der Waals surface area (Å²) in [5.74, 6) is 0.962. The molecule has 0 spiro atoms. The van der Waals surface area contributed by atoms with Crippen LogP contribution >= 0.6 is 0 Å². The summed E-state index contributed by atoms with van der Waals surface area (Å²) in [5.41, 5.74) is 2.11. The van der Waals surface area contributed by atoms with Crippen LogP contribution < -0.4 is 14.8 Å². The van der Waals surface area contributed by atoms with Gasteiger partial charge in [0, 0.05) is 19.6 Å². The van der Waals surface area contributed by atoms with E-state index in [0.29, 0.717) is 37.4 Å².